The molecule has 3 rings (SSSR count). The van der Waals surface area contributed by atoms with Crippen LogP contribution in [0.5, 0.6) is 11.5 Å². The summed E-state index contributed by atoms with van der Waals surface area (Å²) in [6.45, 7) is 0.850. The highest BCUT2D eigenvalue weighted by atomic mass is 32.2. The van der Waals surface area contributed by atoms with Gasteiger partial charge in [-0.3, -0.25) is 4.79 Å². The standard InChI is InChI=1S/C18H25NO5S/c1-23-16-10-4-5-11-17(16)24-25(21,22)15-9-6-12-19(13-15)18(20)14-7-2-3-8-14/h4-5,10-11,14-15H,2-3,6-9,12-13H2,1H3/t15-/m0/s1. The summed E-state index contributed by atoms with van der Waals surface area (Å²) in [6, 6.07) is 6.67. The van der Waals surface area contributed by atoms with E-state index in [-0.39, 0.29) is 24.1 Å². The Hall–Kier alpha value is -1.76. The van der Waals surface area contributed by atoms with Gasteiger partial charge in [-0.15, -0.1) is 0 Å². The Bertz CT molecular complexity index is 712. The minimum Gasteiger partial charge on any atom is -0.493 e. The summed E-state index contributed by atoms with van der Waals surface area (Å²) < 4.78 is 35.9. The van der Waals surface area contributed by atoms with Crippen LogP contribution in [0.1, 0.15) is 38.5 Å². The lowest BCUT2D eigenvalue weighted by Gasteiger charge is -2.33. The van der Waals surface area contributed by atoms with Gasteiger partial charge < -0.3 is 13.8 Å². The van der Waals surface area contributed by atoms with E-state index in [0.717, 1.165) is 25.7 Å². The maximum Gasteiger partial charge on any atom is 0.313 e. The van der Waals surface area contributed by atoms with Crippen LogP contribution >= 0.6 is 0 Å². The van der Waals surface area contributed by atoms with Crippen LogP contribution in [-0.4, -0.2) is 44.7 Å². The van der Waals surface area contributed by atoms with E-state index in [4.69, 9.17) is 8.92 Å². The fourth-order valence-electron chi connectivity index (χ4n) is 3.69. The first-order valence-corrected chi connectivity index (χ1v) is 10.3. The van der Waals surface area contributed by atoms with Gasteiger partial charge >= 0.3 is 10.1 Å². The fourth-order valence-corrected chi connectivity index (χ4v) is 5.03. The average Bonchev–Trinajstić information content (AvgIpc) is 3.16. The van der Waals surface area contributed by atoms with Gasteiger partial charge in [0.1, 0.15) is 5.25 Å². The number of ether oxygens (including phenoxy) is 1. The second kappa shape index (κ2) is 7.64. The van der Waals surface area contributed by atoms with E-state index < -0.39 is 15.4 Å². The maximum absolute atomic E-state index is 12.7. The first-order valence-electron chi connectivity index (χ1n) is 8.86. The van der Waals surface area contributed by atoms with Gasteiger partial charge in [-0.05, 0) is 37.8 Å². The third-order valence-corrected chi connectivity index (χ3v) is 6.69. The average molecular weight is 367 g/mol. The molecule has 2 fully saturated rings. The molecule has 0 radical (unpaired) electrons. The lowest BCUT2D eigenvalue weighted by molar-refractivity contribution is -0.136. The lowest BCUT2D eigenvalue weighted by Crippen LogP contribution is -2.47. The molecule has 0 spiro atoms. The van der Waals surface area contributed by atoms with Gasteiger partial charge in [0.05, 0.1) is 7.11 Å². The first-order chi connectivity index (χ1) is 12.0. The molecule has 1 heterocycles. The number of likely N-dealkylation sites (tertiary alicyclic amines) is 1. The Morgan fingerprint density at radius 1 is 1.08 bits per heavy atom. The van der Waals surface area contributed by atoms with Crippen LogP contribution in [0.4, 0.5) is 0 Å². The van der Waals surface area contributed by atoms with Gasteiger partial charge in [0.25, 0.3) is 0 Å². The highest BCUT2D eigenvalue weighted by molar-refractivity contribution is 7.87. The van der Waals surface area contributed by atoms with Gasteiger partial charge in [-0.2, -0.15) is 8.42 Å². The Labute approximate surface area is 149 Å². The number of carbonyl (C=O) groups is 1. The zero-order valence-corrected chi connectivity index (χ0v) is 15.3. The number of rotatable bonds is 5. The maximum atomic E-state index is 12.7. The number of hydrogen-bond acceptors (Lipinski definition) is 5. The molecule has 1 amide bonds. The van der Waals surface area contributed by atoms with E-state index in [1.807, 2.05) is 0 Å². The highest BCUT2D eigenvalue weighted by Gasteiger charge is 2.37. The molecule has 0 unspecified atom stereocenters. The molecule has 1 aliphatic heterocycles. The molecule has 1 aliphatic carbocycles. The molecular formula is C18H25NO5S. The lowest BCUT2D eigenvalue weighted by atomic mass is 10.0. The zero-order valence-electron chi connectivity index (χ0n) is 14.5. The van der Waals surface area contributed by atoms with Crippen molar-refractivity contribution in [3.05, 3.63) is 24.3 Å². The summed E-state index contributed by atoms with van der Waals surface area (Å²) in [6.07, 6.45) is 5.20. The van der Waals surface area contributed by atoms with Crippen LogP contribution in [0.25, 0.3) is 0 Å². The van der Waals surface area contributed by atoms with Crippen LogP contribution in [-0.2, 0) is 14.9 Å². The van der Waals surface area contributed by atoms with Crippen LogP contribution in [0.3, 0.4) is 0 Å². The van der Waals surface area contributed by atoms with E-state index in [1.165, 1.54) is 7.11 Å². The van der Waals surface area contributed by atoms with Crippen molar-refractivity contribution in [2.75, 3.05) is 20.2 Å². The molecule has 1 saturated heterocycles. The smallest absolute Gasteiger partial charge is 0.313 e. The quantitative estimate of drug-likeness (QED) is 0.748. The molecule has 25 heavy (non-hydrogen) atoms. The molecule has 6 nitrogen and oxygen atoms in total. The number of nitrogens with zero attached hydrogens (tertiary/aromatic N) is 1. The number of para-hydroxylation sites is 2. The van der Waals surface area contributed by atoms with Crippen LogP contribution in [0.15, 0.2) is 24.3 Å². The molecule has 1 atom stereocenters. The Morgan fingerprint density at radius 3 is 2.44 bits per heavy atom. The predicted octanol–water partition coefficient (Wildman–Crippen LogP) is 2.59. The SMILES string of the molecule is COc1ccccc1OS(=O)(=O)[C@H]1CCCN(C(=O)C2CCCC2)C1. The van der Waals surface area contributed by atoms with Crippen molar-refractivity contribution in [3.8, 4) is 11.5 Å². The summed E-state index contributed by atoms with van der Waals surface area (Å²) in [5.41, 5.74) is 0. The van der Waals surface area contributed by atoms with Crippen LogP contribution < -0.4 is 8.92 Å². The molecule has 0 N–H and O–H groups in total. The monoisotopic (exact) mass is 367 g/mol. The summed E-state index contributed by atoms with van der Waals surface area (Å²) >= 11 is 0. The largest absolute Gasteiger partial charge is 0.493 e. The summed E-state index contributed by atoms with van der Waals surface area (Å²) in [5.74, 6) is 0.733. The Balaban J connectivity index is 1.70. The molecular weight excluding hydrogens is 342 g/mol. The first kappa shape index (κ1) is 18.0. The van der Waals surface area contributed by atoms with Crippen LogP contribution in [0, 0.1) is 5.92 Å². The fraction of sp³-hybridized carbons (Fsp3) is 0.611. The van der Waals surface area contributed by atoms with Gasteiger partial charge in [0.15, 0.2) is 11.5 Å². The topological polar surface area (TPSA) is 72.9 Å². The van der Waals surface area contributed by atoms with Crippen molar-refractivity contribution in [2.45, 2.75) is 43.8 Å². The molecule has 0 bridgehead atoms. The predicted molar refractivity (Wildman–Crippen MR) is 94.1 cm³/mol. The van der Waals surface area contributed by atoms with Gasteiger partial charge in [0.2, 0.25) is 5.91 Å². The van der Waals surface area contributed by atoms with E-state index in [9.17, 15) is 13.2 Å². The number of amides is 1. The van der Waals surface area contributed by atoms with E-state index in [1.54, 1.807) is 29.2 Å². The number of carbonyl (C=O) groups excluding carboxylic acids is 1. The summed E-state index contributed by atoms with van der Waals surface area (Å²) in [7, 11) is -2.36. The van der Waals surface area contributed by atoms with E-state index in [2.05, 4.69) is 0 Å². The third kappa shape index (κ3) is 4.08. The van der Waals surface area contributed by atoms with Crippen LogP contribution in [0.2, 0.25) is 0 Å². The zero-order chi connectivity index (χ0) is 17.9. The van der Waals surface area contributed by atoms with Crippen molar-refractivity contribution in [1.82, 2.24) is 4.90 Å². The van der Waals surface area contributed by atoms with Gasteiger partial charge in [-0.1, -0.05) is 25.0 Å². The normalized spacial score (nSPS) is 22.0. The van der Waals surface area contributed by atoms with Crippen molar-refractivity contribution in [2.24, 2.45) is 5.92 Å². The molecule has 138 valence electrons. The molecule has 1 aromatic rings. The number of methoxy groups -OCH3 is 1. The number of benzene rings is 1. The van der Waals surface area contributed by atoms with E-state index >= 15 is 0 Å². The van der Waals surface area contributed by atoms with Gasteiger partial charge in [0, 0.05) is 19.0 Å². The second-order valence-corrected chi connectivity index (χ2v) is 8.58. The minimum absolute atomic E-state index is 0.0663. The van der Waals surface area contributed by atoms with Gasteiger partial charge in [-0.25, -0.2) is 0 Å². The Kier molecular flexibility index (Phi) is 5.51. The van der Waals surface area contributed by atoms with E-state index in [0.29, 0.717) is 25.1 Å². The molecule has 7 heteroatoms. The molecule has 1 saturated carbocycles. The van der Waals surface area contributed by atoms with Crippen molar-refractivity contribution >= 4 is 16.0 Å². The third-order valence-electron chi connectivity index (χ3n) is 5.08. The summed E-state index contributed by atoms with van der Waals surface area (Å²) in [5, 5.41) is -0.698. The molecule has 1 aromatic carbocycles. The number of hydrogen-bond donors (Lipinski definition) is 0. The van der Waals surface area contributed by atoms with Crippen molar-refractivity contribution in [1.29, 1.82) is 0 Å². The van der Waals surface area contributed by atoms with Crippen molar-refractivity contribution < 1.29 is 22.1 Å². The summed E-state index contributed by atoms with van der Waals surface area (Å²) in [4.78, 5) is 14.3. The second-order valence-electron chi connectivity index (χ2n) is 6.76. The number of piperidine rings is 1. The highest BCUT2D eigenvalue weighted by Crippen LogP contribution is 2.31. The van der Waals surface area contributed by atoms with Crippen molar-refractivity contribution in [3.63, 3.8) is 0 Å². The molecule has 0 aromatic heterocycles. The minimum atomic E-state index is -3.83. The molecule has 2 aliphatic rings. The Morgan fingerprint density at radius 2 is 1.76 bits per heavy atom.